The van der Waals surface area contributed by atoms with Crippen molar-refractivity contribution >= 4 is 17.4 Å². The summed E-state index contributed by atoms with van der Waals surface area (Å²) in [5.74, 6) is 4.88. The fourth-order valence-electron chi connectivity index (χ4n) is 2.29. The minimum atomic E-state index is -0.448. The van der Waals surface area contributed by atoms with Crippen LogP contribution < -0.4 is 11.2 Å². The third kappa shape index (κ3) is 3.02. The van der Waals surface area contributed by atoms with E-state index in [0.717, 1.165) is 0 Å². The maximum Gasteiger partial charge on any atom is 0.257 e. The van der Waals surface area contributed by atoms with Crippen LogP contribution in [0.4, 0.5) is 5.69 Å². The molecule has 1 amide bonds. The van der Waals surface area contributed by atoms with Gasteiger partial charge in [-0.3, -0.25) is 9.59 Å². The number of aromatic hydroxyl groups is 1. The first kappa shape index (κ1) is 17.3. The number of allylic oxidation sites excluding steroid dienone is 2. The molecule has 0 aliphatic heterocycles. The molecular weight excluding hydrogens is 310 g/mol. The van der Waals surface area contributed by atoms with Gasteiger partial charge in [-0.2, -0.15) is 5.26 Å². The van der Waals surface area contributed by atoms with Crippen LogP contribution in [0, 0.1) is 11.3 Å². The molecule has 0 unspecified atom stereocenters. The number of benzene rings is 1. The summed E-state index contributed by atoms with van der Waals surface area (Å²) < 4.78 is 0. The van der Waals surface area contributed by atoms with Crippen molar-refractivity contribution in [2.75, 3.05) is 26.0 Å². The van der Waals surface area contributed by atoms with E-state index in [1.54, 1.807) is 0 Å². The molecular formula is C16H19N5O3. The van der Waals surface area contributed by atoms with Crippen LogP contribution in [0.2, 0.25) is 0 Å². The molecule has 0 spiro atoms. The lowest BCUT2D eigenvalue weighted by molar-refractivity contribution is -0.117. The predicted molar refractivity (Wildman–Crippen MR) is 87.7 cm³/mol. The highest BCUT2D eigenvalue weighted by Crippen LogP contribution is 2.34. The zero-order valence-electron chi connectivity index (χ0n) is 13.8. The van der Waals surface area contributed by atoms with Gasteiger partial charge in [0.1, 0.15) is 5.70 Å². The Kier molecular flexibility index (Phi) is 4.76. The summed E-state index contributed by atoms with van der Waals surface area (Å²) in [4.78, 5) is 25.3. The smallest absolute Gasteiger partial charge is 0.257 e. The van der Waals surface area contributed by atoms with E-state index in [1.807, 2.05) is 13.0 Å². The van der Waals surface area contributed by atoms with Gasteiger partial charge in [-0.05, 0) is 19.1 Å². The minimum absolute atomic E-state index is 0.0180. The van der Waals surface area contributed by atoms with Crippen molar-refractivity contribution in [2.45, 2.75) is 13.3 Å². The number of carbonyl (C=O) groups is 2. The van der Waals surface area contributed by atoms with Gasteiger partial charge in [-0.15, -0.1) is 0 Å². The van der Waals surface area contributed by atoms with Crippen molar-refractivity contribution < 1.29 is 14.7 Å². The van der Waals surface area contributed by atoms with Gasteiger partial charge >= 0.3 is 0 Å². The van der Waals surface area contributed by atoms with Crippen molar-refractivity contribution in [1.29, 1.82) is 5.26 Å². The number of amides is 1. The molecule has 1 aromatic rings. The normalized spacial score (nSPS) is 13.2. The molecule has 8 nitrogen and oxygen atoms in total. The van der Waals surface area contributed by atoms with Crippen LogP contribution in [0.15, 0.2) is 23.5 Å². The second kappa shape index (κ2) is 6.60. The Bertz CT molecular complexity index is 777. The monoisotopic (exact) mass is 329 g/mol. The number of anilines is 1. The van der Waals surface area contributed by atoms with Crippen LogP contribution in [0.5, 0.6) is 5.75 Å². The highest BCUT2D eigenvalue weighted by Gasteiger charge is 2.31. The van der Waals surface area contributed by atoms with Gasteiger partial charge in [0.25, 0.3) is 5.91 Å². The molecule has 0 heterocycles. The number of nitriles is 1. The fraction of sp³-hybridized carbons (Fsp3) is 0.312. The Hall–Kier alpha value is -3.05. The van der Waals surface area contributed by atoms with Crippen molar-refractivity contribution in [3.8, 4) is 11.8 Å². The summed E-state index contributed by atoms with van der Waals surface area (Å²) in [6.45, 7) is 2.36. The summed E-state index contributed by atoms with van der Waals surface area (Å²) in [5, 5.41) is 23.7. The molecule has 126 valence electrons. The SMILES string of the molecule is CCN(N)C1=C(Nc2cc(C#N)cc(C(=O)N(C)C)c2O)C(=O)C1. The first-order chi connectivity index (χ1) is 11.3. The van der Waals surface area contributed by atoms with Crippen molar-refractivity contribution in [1.82, 2.24) is 9.91 Å². The third-order valence-corrected chi connectivity index (χ3v) is 3.72. The van der Waals surface area contributed by atoms with Crippen LogP contribution in [-0.2, 0) is 4.79 Å². The van der Waals surface area contributed by atoms with Crippen LogP contribution in [0.25, 0.3) is 0 Å². The average Bonchev–Trinajstić information content (AvgIpc) is 2.57. The number of phenolic OH excluding ortho intramolecular Hbond substituents is 1. The highest BCUT2D eigenvalue weighted by molar-refractivity contribution is 6.07. The molecule has 0 radical (unpaired) electrons. The fourth-order valence-corrected chi connectivity index (χ4v) is 2.29. The number of hydrogen-bond donors (Lipinski definition) is 3. The molecule has 4 N–H and O–H groups in total. The Labute approximate surface area is 139 Å². The van der Waals surface area contributed by atoms with E-state index in [0.29, 0.717) is 12.2 Å². The molecule has 1 aliphatic rings. The maximum absolute atomic E-state index is 12.2. The Morgan fingerprint density at radius 1 is 1.46 bits per heavy atom. The number of Topliss-reactive ketones (excluding diaryl/α,β-unsaturated/α-hetero) is 1. The number of nitrogens with two attached hydrogens (primary N) is 1. The molecule has 0 fully saturated rings. The van der Waals surface area contributed by atoms with Crippen LogP contribution in [-0.4, -0.2) is 47.3 Å². The number of nitrogens with one attached hydrogen (secondary N) is 1. The first-order valence-electron chi connectivity index (χ1n) is 7.34. The zero-order chi connectivity index (χ0) is 18.0. The quantitative estimate of drug-likeness (QED) is 0.414. The molecule has 24 heavy (non-hydrogen) atoms. The Morgan fingerprint density at radius 3 is 2.62 bits per heavy atom. The molecule has 0 saturated heterocycles. The van der Waals surface area contributed by atoms with Crippen LogP contribution in [0.1, 0.15) is 29.3 Å². The molecule has 0 aromatic heterocycles. The standard InChI is InChI=1S/C16H19N5O3/c1-4-21(18)12-7-13(22)14(12)19-11-6-9(8-17)5-10(15(11)23)16(24)20(2)3/h5-6,19,23H,4,7,18H2,1-3H3. The molecule has 8 heteroatoms. The van der Waals surface area contributed by atoms with Crippen molar-refractivity contribution in [3.05, 3.63) is 34.7 Å². The zero-order valence-corrected chi connectivity index (χ0v) is 13.8. The second-order valence-electron chi connectivity index (χ2n) is 5.56. The molecule has 1 aliphatic carbocycles. The van der Waals surface area contributed by atoms with Gasteiger partial charge in [-0.25, -0.2) is 5.84 Å². The van der Waals surface area contributed by atoms with Gasteiger partial charge in [0.15, 0.2) is 11.5 Å². The van der Waals surface area contributed by atoms with E-state index in [1.165, 1.54) is 36.1 Å². The number of hydrazine groups is 1. The van der Waals surface area contributed by atoms with Crippen LogP contribution in [0.3, 0.4) is 0 Å². The van der Waals surface area contributed by atoms with E-state index in [4.69, 9.17) is 11.1 Å². The van der Waals surface area contributed by atoms with E-state index < -0.39 is 5.91 Å². The number of phenols is 1. The van der Waals surface area contributed by atoms with Gasteiger partial charge in [0.2, 0.25) is 0 Å². The van der Waals surface area contributed by atoms with Gasteiger partial charge < -0.3 is 20.3 Å². The predicted octanol–water partition coefficient (Wildman–Crippen LogP) is 0.758. The number of nitrogens with zero attached hydrogens (tertiary/aromatic N) is 3. The number of hydrogen-bond acceptors (Lipinski definition) is 7. The maximum atomic E-state index is 12.2. The molecule has 2 rings (SSSR count). The van der Waals surface area contributed by atoms with Crippen LogP contribution >= 0.6 is 0 Å². The summed E-state index contributed by atoms with van der Waals surface area (Å²) in [6, 6.07) is 4.62. The second-order valence-corrected chi connectivity index (χ2v) is 5.56. The summed E-state index contributed by atoms with van der Waals surface area (Å²) >= 11 is 0. The summed E-state index contributed by atoms with van der Waals surface area (Å²) in [5.41, 5.74) is 1.16. The Balaban J connectivity index is 2.48. The highest BCUT2D eigenvalue weighted by atomic mass is 16.3. The minimum Gasteiger partial charge on any atom is -0.505 e. The van der Waals surface area contributed by atoms with Gasteiger partial charge in [0, 0.05) is 20.6 Å². The lowest BCUT2D eigenvalue weighted by Gasteiger charge is -2.30. The van der Waals surface area contributed by atoms with E-state index in [2.05, 4.69) is 5.32 Å². The number of ketones is 1. The lowest BCUT2D eigenvalue weighted by atomic mass is 9.97. The largest absolute Gasteiger partial charge is 0.505 e. The summed E-state index contributed by atoms with van der Waals surface area (Å²) in [6.07, 6.45) is 0.203. The molecule has 0 atom stereocenters. The van der Waals surface area contributed by atoms with Gasteiger partial charge in [-0.1, -0.05) is 0 Å². The number of rotatable bonds is 5. The van der Waals surface area contributed by atoms with Gasteiger partial charge in [0.05, 0.1) is 35.0 Å². The number of carbonyl (C=O) groups excluding carboxylic acids is 2. The van der Waals surface area contributed by atoms with Crippen molar-refractivity contribution in [3.63, 3.8) is 0 Å². The molecule has 0 saturated carbocycles. The topological polar surface area (TPSA) is 123 Å². The van der Waals surface area contributed by atoms with E-state index in [-0.39, 0.29) is 40.5 Å². The Morgan fingerprint density at radius 2 is 2.12 bits per heavy atom. The first-order valence-corrected chi connectivity index (χ1v) is 7.34. The van der Waals surface area contributed by atoms with E-state index in [9.17, 15) is 14.7 Å². The third-order valence-electron chi connectivity index (χ3n) is 3.72. The molecule has 1 aromatic carbocycles. The molecule has 0 bridgehead atoms. The lowest BCUT2D eigenvalue weighted by Crippen LogP contribution is -2.39. The summed E-state index contributed by atoms with van der Waals surface area (Å²) in [7, 11) is 3.08. The van der Waals surface area contributed by atoms with E-state index >= 15 is 0 Å². The van der Waals surface area contributed by atoms with Crippen molar-refractivity contribution in [2.24, 2.45) is 5.84 Å². The average molecular weight is 329 g/mol.